The van der Waals surface area contributed by atoms with E-state index < -0.39 is 0 Å². The zero-order valence-electron chi connectivity index (χ0n) is 7.42. The van der Waals surface area contributed by atoms with Gasteiger partial charge in [-0.25, -0.2) is 0 Å². The van der Waals surface area contributed by atoms with Crippen molar-refractivity contribution in [2.24, 2.45) is 0 Å². The lowest BCUT2D eigenvalue weighted by Gasteiger charge is -1.98. The molecule has 0 aliphatic rings. The summed E-state index contributed by atoms with van der Waals surface area (Å²) in [6, 6.07) is 0. The summed E-state index contributed by atoms with van der Waals surface area (Å²) in [7, 11) is 0. The molecule has 0 unspecified atom stereocenters. The Kier molecular flexibility index (Phi) is 8.48. The van der Waals surface area contributed by atoms with Crippen LogP contribution in [0.15, 0.2) is 11.8 Å². The van der Waals surface area contributed by atoms with E-state index in [-0.39, 0.29) is 17.6 Å². The SMILES string of the molecule is CC(=O)/C=C(/C)[O-].CC(C)O. The Morgan fingerprint density at radius 3 is 1.73 bits per heavy atom. The second kappa shape index (κ2) is 7.28. The van der Waals surface area contributed by atoms with Gasteiger partial charge in [0, 0.05) is 6.10 Å². The molecule has 0 aliphatic heterocycles. The summed E-state index contributed by atoms with van der Waals surface area (Å²) in [6.07, 6.45) is 0.889. The highest BCUT2D eigenvalue weighted by Gasteiger charge is 1.76. The van der Waals surface area contributed by atoms with Crippen LogP contribution >= 0.6 is 0 Å². The lowest BCUT2D eigenvalue weighted by molar-refractivity contribution is -0.301. The fourth-order valence-corrected chi connectivity index (χ4v) is 0.286. The van der Waals surface area contributed by atoms with E-state index in [0.717, 1.165) is 6.08 Å². The molecule has 0 bridgehead atoms. The van der Waals surface area contributed by atoms with Crippen molar-refractivity contribution in [2.45, 2.75) is 33.8 Å². The van der Waals surface area contributed by atoms with Gasteiger partial charge in [-0.3, -0.25) is 4.79 Å². The molecule has 0 radical (unpaired) electrons. The average molecular weight is 159 g/mol. The van der Waals surface area contributed by atoms with E-state index in [2.05, 4.69) is 0 Å². The lowest BCUT2D eigenvalue weighted by atomic mass is 10.4. The monoisotopic (exact) mass is 159 g/mol. The van der Waals surface area contributed by atoms with Crippen LogP contribution in [-0.4, -0.2) is 17.0 Å². The van der Waals surface area contributed by atoms with E-state index in [1.54, 1.807) is 13.8 Å². The molecule has 0 aromatic rings. The molecule has 0 spiro atoms. The number of aliphatic hydroxyl groups excluding tert-OH is 1. The molecule has 0 heterocycles. The molecular weight excluding hydrogens is 144 g/mol. The molecule has 11 heavy (non-hydrogen) atoms. The first kappa shape index (κ1) is 12.8. The Bertz CT molecular complexity index is 130. The van der Waals surface area contributed by atoms with Crippen molar-refractivity contribution in [1.82, 2.24) is 0 Å². The summed E-state index contributed by atoms with van der Waals surface area (Å²) in [5.74, 6) is -0.375. The molecule has 0 amide bonds. The molecule has 66 valence electrons. The Morgan fingerprint density at radius 1 is 1.45 bits per heavy atom. The molecule has 0 aliphatic carbocycles. The maximum atomic E-state index is 9.98. The third-order valence-corrected chi connectivity index (χ3v) is 0.407. The van der Waals surface area contributed by atoms with Gasteiger partial charge in [0.25, 0.3) is 0 Å². The van der Waals surface area contributed by atoms with Crippen LogP contribution in [0.1, 0.15) is 27.7 Å². The first-order valence-electron chi connectivity index (χ1n) is 3.40. The number of aliphatic hydroxyl groups is 1. The molecular formula is C8H15O3-. The van der Waals surface area contributed by atoms with E-state index in [1.165, 1.54) is 13.8 Å². The van der Waals surface area contributed by atoms with Crippen LogP contribution in [0.5, 0.6) is 0 Å². The van der Waals surface area contributed by atoms with Crippen LogP contribution in [-0.2, 0) is 4.79 Å². The summed E-state index contributed by atoms with van der Waals surface area (Å²) < 4.78 is 0. The van der Waals surface area contributed by atoms with Crippen LogP contribution in [0.2, 0.25) is 0 Å². The zero-order valence-corrected chi connectivity index (χ0v) is 7.42. The van der Waals surface area contributed by atoms with Gasteiger partial charge in [0.05, 0.1) is 0 Å². The molecule has 0 aromatic carbocycles. The molecule has 0 aromatic heterocycles. The predicted molar refractivity (Wildman–Crippen MR) is 41.8 cm³/mol. The summed E-state index contributed by atoms with van der Waals surface area (Å²) in [4.78, 5) is 9.98. The third kappa shape index (κ3) is 46.9. The summed E-state index contributed by atoms with van der Waals surface area (Å²) in [5.41, 5.74) is 0. The standard InChI is InChI=1S/C5H8O2.C3H8O/c1-4(6)3-5(2)7;1-3(2)4/h3,6H,1-2H3;3-4H,1-2H3/p-1/b4-3-;. The quantitative estimate of drug-likeness (QED) is 0.440. The highest BCUT2D eigenvalue weighted by Crippen LogP contribution is 1.77. The van der Waals surface area contributed by atoms with Gasteiger partial charge in [-0.1, -0.05) is 6.92 Å². The first-order valence-corrected chi connectivity index (χ1v) is 3.40. The number of allylic oxidation sites excluding steroid dienone is 2. The number of hydrogen-bond donors (Lipinski definition) is 1. The summed E-state index contributed by atoms with van der Waals surface area (Å²) in [5, 5.41) is 18.0. The molecule has 0 saturated carbocycles. The van der Waals surface area contributed by atoms with Crippen molar-refractivity contribution in [3.63, 3.8) is 0 Å². The van der Waals surface area contributed by atoms with E-state index in [9.17, 15) is 9.90 Å². The van der Waals surface area contributed by atoms with Crippen molar-refractivity contribution in [2.75, 3.05) is 0 Å². The maximum absolute atomic E-state index is 9.98. The number of rotatable bonds is 1. The largest absolute Gasteiger partial charge is 0.876 e. The topological polar surface area (TPSA) is 60.4 Å². The van der Waals surface area contributed by atoms with Gasteiger partial charge in [-0.05, 0) is 26.8 Å². The molecule has 0 atom stereocenters. The van der Waals surface area contributed by atoms with Crippen LogP contribution in [0.25, 0.3) is 0 Å². The number of hydrogen-bond acceptors (Lipinski definition) is 3. The highest BCUT2D eigenvalue weighted by molar-refractivity contribution is 5.87. The second-order valence-corrected chi connectivity index (χ2v) is 2.46. The van der Waals surface area contributed by atoms with Crippen LogP contribution in [0, 0.1) is 0 Å². The minimum Gasteiger partial charge on any atom is -0.876 e. The predicted octanol–water partition coefficient (Wildman–Crippen LogP) is 0.227. The Hall–Kier alpha value is -0.830. The summed E-state index contributed by atoms with van der Waals surface area (Å²) >= 11 is 0. The van der Waals surface area contributed by atoms with Gasteiger partial charge in [0.1, 0.15) is 0 Å². The van der Waals surface area contributed by atoms with E-state index >= 15 is 0 Å². The van der Waals surface area contributed by atoms with Crippen molar-refractivity contribution in [1.29, 1.82) is 0 Å². The molecule has 1 N–H and O–H groups in total. The van der Waals surface area contributed by atoms with Gasteiger partial charge >= 0.3 is 0 Å². The minimum atomic E-state index is -0.187. The molecule has 3 heteroatoms. The molecule has 0 rings (SSSR count). The van der Waals surface area contributed by atoms with Gasteiger partial charge < -0.3 is 10.2 Å². The van der Waals surface area contributed by atoms with Crippen molar-refractivity contribution in [3.05, 3.63) is 11.8 Å². The zero-order chi connectivity index (χ0) is 9.44. The van der Waals surface area contributed by atoms with Gasteiger partial charge in [0.2, 0.25) is 0 Å². The van der Waals surface area contributed by atoms with Crippen LogP contribution < -0.4 is 5.11 Å². The Balaban J connectivity index is 0. The first-order chi connectivity index (χ1) is 4.86. The van der Waals surface area contributed by atoms with E-state index in [4.69, 9.17) is 5.11 Å². The Labute approximate surface area is 67.4 Å². The van der Waals surface area contributed by atoms with E-state index in [1.807, 2.05) is 0 Å². The van der Waals surface area contributed by atoms with Crippen molar-refractivity contribution < 1.29 is 15.0 Å². The number of carbonyl (C=O) groups is 1. The maximum Gasteiger partial charge on any atom is 0.151 e. The molecule has 0 saturated heterocycles. The fraction of sp³-hybridized carbons (Fsp3) is 0.625. The minimum absolute atomic E-state index is 0.167. The van der Waals surface area contributed by atoms with Crippen LogP contribution in [0.3, 0.4) is 0 Å². The third-order valence-electron chi connectivity index (χ3n) is 0.407. The second-order valence-electron chi connectivity index (χ2n) is 2.46. The lowest BCUT2D eigenvalue weighted by Crippen LogP contribution is -1.99. The van der Waals surface area contributed by atoms with Gasteiger partial charge in [-0.15, -0.1) is 5.76 Å². The van der Waals surface area contributed by atoms with Crippen molar-refractivity contribution in [3.8, 4) is 0 Å². The van der Waals surface area contributed by atoms with Gasteiger partial charge in [-0.2, -0.15) is 0 Å². The average Bonchev–Trinajstić information content (AvgIpc) is 1.56. The number of ketones is 1. The van der Waals surface area contributed by atoms with E-state index in [0.29, 0.717) is 0 Å². The molecule has 3 nitrogen and oxygen atoms in total. The van der Waals surface area contributed by atoms with Crippen molar-refractivity contribution >= 4 is 5.78 Å². The normalized spacial score (nSPS) is 10.5. The highest BCUT2D eigenvalue weighted by atomic mass is 16.3. The van der Waals surface area contributed by atoms with Crippen LogP contribution in [0.4, 0.5) is 0 Å². The Morgan fingerprint density at radius 2 is 1.73 bits per heavy atom. The number of carbonyl (C=O) groups excluding carboxylic acids is 1. The fourth-order valence-electron chi connectivity index (χ4n) is 0.286. The smallest absolute Gasteiger partial charge is 0.151 e. The molecule has 0 fully saturated rings. The summed E-state index contributed by atoms with van der Waals surface area (Å²) in [6.45, 7) is 6.14. The van der Waals surface area contributed by atoms with Gasteiger partial charge in [0.15, 0.2) is 5.78 Å².